The first-order valence-electron chi connectivity index (χ1n) is 5.62. The van der Waals surface area contributed by atoms with Crippen molar-refractivity contribution in [2.45, 2.75) is 38.8 Å². The molecule has 76 valence electrons. The molecular weight excluding hydrogens is 170 g/mol. The molecule has 2 unspecified atom stereocenters. The van der Waals surface area contributed by atoms with Gasteiger partial charge in [-0.05, 0) is 30.7 Å². The lowest BCUT2D eigenvalue weighted by Crippen LogP contribution is -2.25. The third-order valence-electron chi connectivity index (χ3n) is 3.13. The minimum atomic E-state index is 0.755. The van der Waals surface area contributed by atoms with Crippen LogP contribution in [0.5, 0.6) is 0 Å². The normalized spacial score (nSPS) is 26.6. The molecule has 0 heterocycles. The number of rotatable bonds is 3. The predicted octanol–water partition coefficient (Wildman–Crippen LogP) is 2.96. The second kappa shape index (κ2) is 4.61. The zero-order chi connectivity index (χ0) is 9.80. The Morgan fingerprint density at radius 3 is 2.64 bits per heavy atom. The molecular formula is C13H19N. The highest BCUT2D eigenvalue weighted by Crippen LogP contribution is 2.24. The van der Waals surface area contributed by atoms with E-state index in [1.807, 2.05) is 0 Å². The Morgan fingerprint density at radius 1 is 1.21 bits per heavy atom. The summed E-state index contributed by atoms with van der Waals surface area (Å²) in [5, 5.41) is 3.63. The fourth-order valence-corrected chi connectivity index (χ4v) is 2.25. The molecule has 0 saturated heterocycles. The van der Waals surface area contributed by atoms with Crippen molar-refractivity contribution >= 4 is 0 Å². The topological polar surface area (TPSA) is 12.0 Å². The van der Waals surface area contributed by atoms with Crippen molar-refractivity contribution < 1.29 is 0 Å². The van der Waals surface area contributed by atoms with Gasteiger partial charge in [0.15, 0.2) is 0 Å². The van der Waals surface area contributed by atoms with Crippen LogP contribution in [0.2, 0.25) is 0 Å². The summed E-state index contributed by atoms with van der Waals surface area (Å²) in [6, 6.07) is 11.4. The summed E-state index contributed by atoms with van der Waals surface area (Å²) >= 11 is 0. The maximum atomic E-state index is 3.63. The van der Waals surface area contributed by atoms with E-state index in [-0.39, 0.29) is 0 Å². The van der Waals surface area contributed by atoms with Gasteiger partial charge in [-0.3, -0.25) is 0 Å². The van der Waals surface area contributed by atoms with Crippen LogP contribution in [0.15, 0.2) is 30.3 Å². The van der Waals surface area contributed by atoms with Crippen molar-refractivity contribution in [3.8, 4) is 0 Å². The zero-order valence-electron chi connectivity index (χ0n) is 8.87. The first kappa shape index (κ1) is 9.72. The number of hydrogen-bond acceptors (Lipinski definition) is 1. The van der Waals surface area contributed by atoms with Crippen LogP contribution in [0, 0.1) is 5.92 Å². The van der Waals surface area contributed by atoms with Gasteiger partial charge in [0, 0.05) is 12.6 Å². The van der Waals surface area contributed by atoms with Gasteiger partial charge < -0.3 is 5.32 Å². The van der Waals surface area contributed by atoms with Gasteiger partial charge in [0.25, 0.3) is 0 Å². The second-order valence-corrected chi connectivity index (χ2v) is 4.48. The standard InChI is InChI=1S/C13H19N/c1-11-7-8-13(9-11)14-10-12-5-3-2-4-6-12/h2-6,11,13-14H,7-10H2,1H3. The van der Waals surface area contributed by atoms with Crippen LogP contribution in [0.25, 0.3) is 0 Å². The lowest BCUT2D eigenvalue weighted by atomic mass is 10.1. The predicted molar refractivity (Wildman–Crippen MR) is 60.1 cm³/mol. The van der Waals surface area contributed by atoms with Crippen LogP contribution >= 0.6 is 0 Å². The van der Waals surface area contributed by atoms with Gasteiger partial charge in [-0.2, -0.15) is 0 Å². The van der Waals surface area contributed by atoms with Crippen LogP contribution in [-0.2, 0) is 6.54 Å². The highest BCUT2D eigenvalue weighted by molar-refractivity contribution is 5.14. The lowest BCUT2D eigenvalue weighted by Gasteiger charge is -2.11. The van der Waals surface area contributed by atoms with E-state index >= 15 is 0 Å². The van der Waals surface area contributed by atoms with Crippen molar-refractivity contribution in [3.05, 3.63) is 35.9 Å². The first-order valence-corrected chi connectivity index (χ1v) is 5.62. The maximum Gasteiger partial charge on any atom is 0.0208 e. The molecule has 1 heteroatoms. The van der Waals surface area contributed by atoms with E-state index in [1.54, 1.807) is 0 Å². The fraction of sp³-hybridized carbons (Fsp3) is 0.538. The molecule has 14 heavy (non-hydrogen) atoms. The van der Waals surface area contributed by atoms with Gasteiger partial charge in [-0.1, -0.05) is 37.3 Å². The smallest absolute Gasteiger partial charge is 0.0208 e. The van der Waals surface area contributed by atoms with Crippen molar-refractivity contribution in [2.75, 3.05) is 0 Å². The quantitative estimate of drug-likeness (QED) is 0.771. The molecule has 2 rings (SSSR count). The molecule has 0 spiro atoms. The van der Waals surface area contributed by atoms with Crippen molar-refractivity contribution in [1.29, 1.82) is 0 Å². The number of nitrogens with one attached hydrogen (secondary N) is 1. The molecule has 1 aliphatic rings. The van der Waals surface area contributed by atoms with Crippen LogP contribution in [0.4, 0.5) is 0 Å². The van der Waals surface area contributed by atoms with E-state index in [2.05, 4.69) is 42.6 Å². The van der Waals surface area contributed by atoms with Crippen LogP contribution < -0.4 is 5.32 Å². The van der Waals surface area contributed by atoms with Crippen LogP contribution in [0.1, 0.15) is 31.7 Å². The highest BCUT2D eigenvalue weighted by atomic mass is 14.9. The van der Waals surface area contributed by atoms with Crippen LogP contribution in [0.3, 0.4) is 0 Å². The molecule has 1 nitrogen and oxygen atoms in total. The highest BCUT2D eigenvalue weighted by Gasteiger charge is 2.20. The van der Waals surface area contributed by atoms with Gasteiger partial charge in [0.05, 0.1) is 0 Å². The number of hydrogen-bond donors (Lipinski definition) is 1. The summed E-state index contributed by atoms with van der Waals surface area (Å²) in [6.45, 7) is 3.38. The summed E-state index contributed by atoms with van der Waals surface area (Å²) < 4.78 is 0. The summed E-state index contributed by atoms with van der Waals surface area (Å²) in [6.07, 6.45) is 4.10. The lowest BCUT2D eigenvalue weighted by molar-refractivity contribution is 0.502. The molecule has 1 N–H and O–H groups in total. The van der Waals surface area contributed by atoms with E-state index in [9.17, 15) is 0 Å². The summed E-state index contributed by atoms with van der Waals surface area (Å²) in [7, 11) is 0. The molecule has 0 aliphatic heterocycles. The first-order chi connectivity index (χ1) is 6.84. The third kappa shape index (κ3) is 2.58. The summed E-state index contributed by atoms with van der Waals surface area (Å²) in [5.41, 5.74) is 1.40. The molecule has 0 radical (unpaired) electrons. The molecule has 2 atom stereocenters. The SMILES string of the molecule is CC1CCC(NCc2ccccc2)C1. The van der Waals surface area contributed by atoms with Crippen LogP contribution in [-0.4, -0.2) is 6.04 Å². The molecule has 1 aromatic carbocycles. The molecule has 1 fully saturated rings. The van der Waals surface area contributed by atoms with E-state index < -0.39 is 0 Å². The van der Waals surface area contributed by atoms with Gasteiger partial charge >= 0.3 is 0 Å². The maximum absolute atomic E-state index is 3.63. The van der Waals surface area contributed by atoms with Crippen molar-refractivity contribution in [3.63, 3.8) is 0 Å². The second-order valence-electron chi connectivity index (χ2n) is 4.48. The monoisotopic (exact) mass is 189 g/mol. The molecule has 1 saturated carbocycles. The summed E-state index contributed by atoms with van der Waals surface area (Å²) in [5.74, 6) is 0.920. The third-order valence-corrected chi connectivity index (χ3v) is 3.13. The Labute approximate surface area is 86.5 Å². The zero-order valence-corrected chi connectivity index (χ0v) is 8.87. The average molecular weight is 189 g/mol. The molecule has 0 bridgehead atoms. The molecule has 1 aliphatic carbocycles. The largest absolute Gasteiger partial charge is 0.310 e. The van der Waals surface area contributed by atoms with Crippen molar-refractivity contribution in [1.82, 2.24) is 5.32 Å². The van der Waals surface area contributed by atoms with Gasteiger partial charge in [0.1, 0.15) is 0 Å². The van der Waals surface area contributed by atoms with E-state index in [0.29, 0.717) is 0 Å². The Bertz CT molecular complexity index is 268. The average Bonchev–Trinajstić information content (AvgIpc) is 2.63. The number of benzene rings is 1. The fourth-order valence-electron chi connectivity index (χ4n) is 2.25. The van der Waals surface area contributed by atoms with E-state index in [4.69, 9.17) is 0 Å². The molecule has 0 amide bonds. The Morgan fingerprint density at radius 2 is 2.00 bits per heavy atom. The molecule has 1 aromatic rings. The minimum absolute atomic E-state index is 0.755. The van der Waals surface area contributed by atoms with E-state index in [0.717, 1.165) is 18.5 Å². The minimum Gasteiger partial charge on any atom is -0.310 e. The Kier molecular flexibility index (Phi) is 3.20. The van der Waals surface area contributed by atoms with Gasteiger partial charge in [-0.15, -0.1) is 0 Å². The van der Waals surface area contributed by atoms with Gasteiger partial charge in [0.2, 0.25) is 0 Å². The van der Waals surface area contributed by atoms with Gasteiger partial charge in [-0.25, -0.2) is 0 Å². The molecule has 0 aromatic heterocycles. The van der Waals surface area contributed by atoms with Crippen molar-refractivity contribution in [2.24, 2.45) is 5.92 Å². The summed E-state index contributed by atoms with van der Waals surface area (Å²) in [4.78, 5) is 0. The Balaban J connectivity index is 1.78. The Hall–Kier alpha value is -0.820. The van der Waals surface area contributed by atoms with E-state index in [1.165, 1.54) is 24.8 Å².